The lowest BCUT2D eigenvalue weighted by Gasteiger charge is -2.08. The number of rotatable bonds is 13. The van der Waals surface area contributed by atoms with Crippen LogP contribution < -0.4 is 0 Å². The van der Waals surface area contributed by atoms with E-state index in [9.17, 15) is 9.59 Å². The van der Waals surface area contributed by atoms with Crippen molar-refractivity contribution in [2.45, 2.75) is 86.5 Å². The molecule has 0 aromatic rings. The molecule has 174 valence electrons. The van der Waals surface area contributed by atoms with Gasteiger partial charge < -0.3 is 9.47 Å². The molecule has 0 aliphatic rings. The average Bonchev–Trinajstić information content (AvgIpc) is 2.72. The second kappa shape index (κ2) is 16.3. The lowest BCUT2D eigenvalue weighted by molar-refractivity contribution is -0.139. The number of carbonyl (C=O) groups excluding carboxylic acids is 2. The molecule has 4 heteroatoms. The molecule has 0 aliphatic carbocycles. The van der Waals surface area contributed by atoms with E-state index >= 15 is 0 Å². The summed E-state index contributed by atoms with van der Waals surface area (Å²) < 4.78 is 9.53. The number of hydrogen-bond donors (Lipinski definition) is 0. The standard InChI is InChI=1S/C27H42O4/c1-20(2)12-9-13-21(3)14-10-15-22(4)16-11-17-23(5)18-19-25(27(29)31-8)24(6)26(28)30-7/h12,14,16,18H,9-11,13,15,17,19H2,1-8H3/b21-14+,22-16+,23-18+,25-24+. The third kappa shape index (κ3) is 13.5. The number of esters is 2. The summed E-state index contributed by atoms with van der Waals surface area (Å²) in [5.41, 5.74) is 6.05. The maximum Gasteiger partial charge on any atom is 0.334 e. The molecule has 0 fully saturated rings. The highest BCUT2D eigenvalue weighted by Crippen LogP contribution is 2.17. The Bertz CT molecular complexity index is 741. The molecule has 0 bridgehead atoms. The summed E-state index contributed by atoms with van der Waals surface area (Å²) >= 11 is 0. The Labute approximate surface area is 189 Å². The van der Waals surface area contributed by atoms with Gasteiger partial charge in [-0.15, -0.1) is 0 Å². The van der Waals surface area contributed by atoms with Gasteiger partial charge in [-0.25, -0.2) is 9.59 Å². The van der Waals surface area contributed by atoms with Crippen LogP contribution in [0.2, 0.25) is 0 Å². The molecule has 0 amide bonds. The summed E-state index contributed by atoms with van der Waals surface area (Å²) in [6.45, 7) is 12.3. The third-order valence-electron chi connectivity index (χ3n) is 5.18. The number of methoxy groups -OCH3 is 2. The van der Waals surface area contributed by atoms with Gasteiger partial charge in [0.1, 0.15) is 0 Å². The predicted octanol–water partition coefficient (Wildman–Crippen LogP) is 7.18. The fourth-order valence-corrected chi connectivity index (χ4v) is 3.05. The van der Waals surface area contributed by atoms with Crippen molar-refractivity contribution in [2.75, 3.05) is 14.2 Å². The summed E-state index contributed by atoms with van der Waals surface area (Å²) in [7, 11) is 2.62. The van der Waals surface area contributed by atoms with E-state index < -0.39 is 11.9 Å². The monoisotopic (exact) mass is 430 g/mol. The van der Waals surface area contributed by atoms with Crippen LogP contribution in [-0.2, 0) is 19.1 Å². The Balaban J connectivity index is 4.63. The molecule has 31 heavy (non-hydrogen) atoms. The van der Waals surface area contributed by atoms with Crippen LogP contribution in [0.3, 0.4) is 0 Å². The minimum Gasteiger partial charge on any atom is -0.466 e. The van der Waals surface area contributed by atoms with E-state index in [1.807, 2.05) is 13.0 Å². The summed E-state index contributed by atoms with van der Waals surface area (Å²) in [6.07, 6.45) is 15.6. The van der Waals surface area contributed by atoms with E-state index in [0.717, 1.165) is 38.5 Å². The minimum atomic E-state index is -0.508. The summed E-state index contributed by atoms with van der Waals surface area (Å²) in [4.78, 5) is 23.7. The second-order valence-electron chi connectivity index (χ2n) is 8.34. The molecule has 0 atom stereocenters. The van der Waals surface area contributed by atoms with Gasteiger partial charge in [0.15, 0.2) is 0 Å². The van der Waals surface area contributed by atoms with Gasteiger partial charge in [0.2, 0.25) is 0 Å². The number of ether oxygens (including phenoxy) is 2. The topological polar surface area (TPSA) is 52.6 Å². The number of hydrogen-bond acceptors (Lipinski definition) is 4. The van der Waals surface area contributed by atoms with Crippen LogP contribution >= 0.6 is 0 Å². The summed E-state index contributed by atoms with van der Waals surface area (Å²) in [6, 6.07) is 0. The van der Waals surface area contributed by atoms with Crippen molar-refractivity contribution in [2.24, 2.45) is 0 Å². The molecule has 0 saturated heterocycles. The van der Waals surface area contributed by atoms with Crippen LogP contribution in [0.4, 0.5) is 0 Å². The number of allylic oxidation sites excluding steroid dienone is 8. The average molecular weight is 431 g/mol. The zero-order valence-electron chi connectivity index (χ0n) is 20.9. The molecule has 0 aromatic heterocycles. The Morgan fingerprint density at radius 3 is 1.45 bits per heavy atom. The normalized spacial score (nSPS) is 13.5. The Morgan fingerprint density at radius 2 is 1.03 bits per heavy atom. The number of carbonyl (C=O) groups is 2. The van der Waals surface area contributed by atoms with Crippen molar-refractivity contribution in [1.29, 1.82) is 0 Å². The maximum atomic E-state index is 12.0. The summed E-state index contributed by atoms with van der Waals surface area (Å²) in [5, 5.41) is 0. The Kier molecular flexibility index (Phi) is 15.1. The molecule has 0 saturated carbocycles. The molecule has 0 unspecified atom stereocenters. The van der Waals surface area contributed by atoms with Crippen LogP contribution in [0, 0.1) is 0 Å². The Hall–Kier alpha value is -2.36. The predicted molar refractivity (Wildman–Crippen MR) is 130 cm³/mol. The second-order valence-corrected chi connectivity index (χ2v) is 8.34. The van der Waals surface area contributed by atoms with Crippen LogP contribution in [0.1, 0.15) is 86.5 Å². The highest BCUT2D eigenvalue weighted by Gasteiger charge is 2.17. The highest BCUT2D eigenvalue weighted by atomic mass is 16.5. The zero-order chi connectivity index (χ0) is 23.8. The van der Waals surface area contributed by atoms with Crippen LogP contribution in [0.15, 0.2) is 57.7 Å². The van der Waals surface area contributed by atoms with Gasteiger partial charge in [0.25, 0.3) is 0 Å². The van der Waals surface area contributed by atoms with Gasteiger partial charge in [-0.05, 0) is 86.5 Å². The van der Waals surface area contributed by atoms with Crippen molar-refractivity contribution in [3.8, 4) is 0 Å². The van der Waals surface area contributed by atoms with E-state index in [0.29, 0.717) is 17.6 Å². The molecule has 0 radical (unpaired) electrons. The van der Waals surface area contributed by atoms with Crippen molar-refractivity contribution in [1.82, 2.24) is 0 Å². The van der Waals surface area contributed by atoms with E-state index in [1.165, 1.54) is 36.5 Å². The molecule has 0 spiro atoms. The van der Waals surface area contributed by atoms with Crippen molar-refractivity contribution < 1.29 is 19.1 Å². The van der Waals surface area contributed by atoms with Crippen LogP contribution in [0.5, 0.6) is 0 Å². The smallest absolute Gasteiger partial charge is 0.334 e. The van der Waals surface area contributed by atoms with Gasteiger partial charge >= 0.3 is 11.9 Å². The van der Waals surface area contributed by atoms with E-state index in [4.69, 9.17) is 9.47 Å². The summed E-state index contributed by atoms with van der Waals surface area (Å²) in [5.74, 6) is -1.00. The largest absolute Gasteiger partial charge is 0.466 e. The molecule has 0 heterocycles. The first kappa shape index (κ1) is 28.6. The molecule has 0 aliphatic heterocycles. The van der Waals surface area contributed by atoms with Gasteiger partial charge in [0.05, 0.1) is 19.8 Å². The van der Waals surface area contributed by atoms with Gasteiger partial charge in [0, 0.05) is 5.57 Å². The van der Waals surface area contributed by atoms with E-state index in [2.05, 4.69) is 45.9 Å². The highest BCUT2D eigenvalue weighted by molar-refractivity contribution is 6.00. The minimum absolute atomic E-state index is 0.290. The molecule has 0 aromatic carbocycles. The molecule has 0 rings (SSSR count). The van der Waals surface area contributed by atoms with Crippen molar-refractivity contribution in [3.05, 3.63) is 57.7 Å². The van der Waals surface area contributed by atoms with Gasteiger partial charge in [-0.1, -0.05) is 46.6 Å². The Morgan fingerprint density at radius 1 is 0.613 bits per heavy atom. The quantitative estimate of drug-likeness (QED) is 0.176. The first-order valence-corrected chi connectivity index (χ1v) is 11.1. The molecular formula is C27H42O4. The SMILES string of the molecule is COC(=O)/C(C)=C(\C/C=C(\C)CC/C=C(\C)CC/C=C(\C)CCC=C(C)C)C(=O)OC. The molecular weight excluding hydrogens is 388 g/mol. The van der Waals surface area contributed by atoms with Crippen molar-refractivity contribution in [3.63, 3.8) is 0 Å². The first-order valence-electron chi connectivity index (χ1n) is 11.1. The zero-order valence-corrected chi connectivity index (χ0v) is 20.9. The van der Waals surface area contributed by atoms with Gasteiger partial charge in [-0.3, -0.25) is 0 Å². The van der Waals surface area contributed by atoms with Crippen LogP contribution in [-0.4, -0.2) is 26.2 Å². The van der Waals surface area contributed by atoms with E-state index in [-0.39, 0.29) is 0 Å². The lowest BCUT2D eigenvalue weighted by atomic mass is 10.0. The fourth-order valence-electron chi connectivity index (χ4n) is 3.05. The first-order chi connectivity index (χ1) is 14.6. The van der Waals surface area contributed by atoms with E-state index in [1.54, 1.807) is 6.92 Å². The van der Waals surface area contributed by atoms with Gasteiger partial charge in [-0.2, -0.15) is 0 Å². The molecule has 0 N–H and O–H groups in total. The fraction of sp³-hybridized carbons (Fsp3) is 0.556. The maximum absolute atomic E-state index is 12.0. The van der Waals surface area contributed by atoms with Crippen LogP contribution in [0.25, 0.3) is 0 Å². The lowest BCUT2D eigenvalue weighted by Crippen LogP contribution is -2.12. The molecule has 4 nitrogen and oxygen atoms in total. The third-order valence-corrected chi connectivity index (χ3v) is 5.18. The van der Waals surface area contributed by atoms with Crippen molar-refractivity contribution >= 4 is 11.9 Å².